The molecule has 3 aliphatic rings. The van der Waals surface area contributed by atoms with Gasteiger partial charge in [0.05, 0.1) is 30.1 Å². The number of nitrogens with zero attached hydrogens (tertiary/aromatic N) is 1. The number of hydrogen-bond donors (Lipinski definition) is 2. The Morgan fingerprint density at radius 3 is 2.50 bits per heavy atom. The number of aliphatic hydroxyl groups excluding tert-OH is 2. The fourth-order valence-corrected chi connectivity index (χ4v) is 9.72. The maximum atomic E-state index is 9.82. The number of unbranched alkanes of at least 4 members (excludes halogenated alkanes) is 2. The van der Waals surface area contributed by atoms with Crippen LogP contribution in [0.5, 0.6) is 11.5 Å². The Kier molecular flexibility index (Phi) is 14.2. The summed E-state index contributed by atoms with van der Waals surface area (Å²) in [5.74, 6) is 2.94. The molecule has 2 aromatic rings. The molecule has 7 nitrogen and oxygen atoms in total. The molecule has 9 heteroatoms. The van der Waals surface area contributed by atoms with Crippen LogP contribution in [0.2, 0.25) is 0 Å². The van der Waals surface area contributed by atoms with E-state index in [9.17, 15) is 10.2 Å². The highest BCUT2D eigenvalue weighted by Crippen LogP contribution is 2.62. The van der Waals surface area contributed by atoms with Crippen LogP contribution in [-0.4, -0.2) is 70.5 Å². The molecule has 2 aromatic carbocycles. The van der Waals surface area contributed by atoms with Crippen molar-refractivity contribution in [2.75, 3.05) is 37.9 Å². The van der Waals surface area contributed by atoms with Gasteiger partial charge in [0, 0.05) is 41.8 Å². The Morgan fingerprint density at radius 1 is 1.04 bits per heavy atom. The Morgan fingerprint density at radius 2 is 1.80 bits per heavy atom. The molecule has 2 aliphatic carbocycles. The van der Waals surface area contributed by atoms with Crippen LogP contribution < -0.4 is 9.47 Å². The second-order valence-electron chi connectivity index (χ2n) is 14.4. The third-order valence-corrected chi connectivity index (χ3v) is 12.0. The lowest BCUT2D eigenvalue weighted by Gasteiger charge is -2.58. The zero-order valence-corrected chi connectivity index (χ0v) is 32.0. The van der Waals surface area contributed by atoms with E-state index in [1.54, 1.807) is 11.8 Å². The maximum absolute atomic E-state index is 9.82. The van der Waals surface area contributed by atoms with Crippen molar-refractivity contribution in [3.05, 3.63) is 78.4 Å². The molecule has 1 aliphatic heterocycles. The van der Waals surface area contributed by atoms with Gasteiger partial charge in [-0.3, -0.25) is 0 Å². The number of ether oxygens (including phenoxy) is 3. The number of hydrogen-bond acceptors (Lipinski definition) is 9. The Labute approximate surface area is 308 Å². The average Bonchev–Trinajstić information content (AvgIpc) is 3.11. The zero-order chi connectivity index (χ0) is 35.6. The summed E-state index contributed by atoms with van der Waals surface area (Å²) in [7, 11) is 0. The molecule has 50 heavy (non-hydrogen) atoms. The van der Waals surface area contributed by atoms with Gasteiger partial charge in [-0.25, -0.2) is 0 Å². The molecular formula is C41H57NO6S2. The van der Waals surface area contributed by atoms with Crippen LogP contribution >= 0.6 is 23.5 Å². The van der Waals surface area contributed by atoms with E-state index >= 15 is 0 Å². The number of aliphatic hydroxyl groups is 2. The van der Waals surface area contributed by atoms with Crippen molar-refractivity contribution >= 4 is 29.2 Å². The smallest absolute Gasteiger partial charge is 0.230 e. The van der Waals surface area contributed by atoms with E-state index in [2.05, 4.69) is 56.0 Å². The van der Waals surface area contributed by atoms with E-state index in [1.807, 2.05) is 50.7 Å². The lowest BCUT2D eigenvalue weighted by Crippen LogP contribution is -2.64. The normalized spacial score (nSPS) is 26.4. The maximum Gasteiger partial charge on any atom is 0.230 e. The molecule has 0 amide bonds. The molecule has 274 valence electrons. The third kappa shape index (κ3) is 9.32. The minimum Gasteiger partial charge on any atom is -0.493 e. The molecule has 0 spiro atoms. The molecule has 5 rings (SSSR count). The lowest BCUT2D eigenvalue weighted by atomic mass is 9.56. The van der Waals surface area contributed by atoms with Crippen LogP contribution in [0.25, 0.3) is 0 Å². The van der Waals surface area contributed by atoms with Crippen molar-refractivity contribution in [1.82, 2.24) is 0 Å². The van der Waals surface area contributed by atoms with Gasteiger partial charge in [0.1, 0.15) is 17.1 Å². The highest BCUT2D eigenvalue weighted by atomic mass is 32.2. The van der Waals surface area contributed by atoms with E-state index in [-0.39, 0.29) is 42.1 Å². The number of benzene rings is 2. The summed E-state index contributed by atoms with van der Waals surface area (Å²) in [6.07, 6.45) is 10.2. The molecule has 0 radical (unpaired) electrons. The van der Waals surface area contributed by atoms with E-state index in [4.69, 9.17) is 24.2 Å². The fourth-order valence-electron chi connectivity index (χ4n) is 7.79. The summed E-state index contributed by atoms with van der Waals surface area (Å²) in [6.45, 7) is 13.6. The summed E-state index contributed by atoms with van der Waals surface area (Å²) in [6, 6.07) is 16.7. The van der Waals surface area contributed by atoms with Crippen molar-refractivity contribution < 1.29 is 29.3 Å². The SMILES string of the molecule is C=CCOC12Oc3ccc(OCCSc4ccccc4)cc3C3C(CCCCO)C(CCCCO)C=C(C(=NOC(C)(C)C)CC1SCC)C32. The van der Waals surface area contributed by atoms with Gasteiger partial charge >= 0.3 is 0 Å². The fraction of sp³-hybridized carbons (Fsp3) is 0.585. The van der Waals surface area contributed by atoms with Gasteiger partial charge in [-0.05, 0) is 99.9 Å². The van der Waals surface area contributed by atoms with Crippen LogP contribution in [0.1, 0.15) is 84.1 Å². The van der Waals surface area contributed by atoms with Gasteiger partial charge in [-0.1, -0.05) is 55.3 Å². The molecule has 6 atom stereocenters. The highest BCUT2D eigenvalue weighted by Gasteiger charge is 2.63. The molecule has 2 N–H and O–H groups in total. The van der Waals surface area contributed by atoms with Crippen molar-refractivity contribution in [3.63, 3.8) is 0 Å². The summed E-state index contributed by atoms with van der Waals surface area (Å²) in [5, 5.41) is 24.4. The van der Waals surface area contributed by atoms with Gasteiger partial charge in [-0.15, -0.1) is 18.3 Å². The summed E-state index contributed by atoms with van der Waals surface area (Å²) >= 11 is 3.65. The number of fused-ring (bicyclic) bond motifs is 2. The number of oxime groups is 1. The molecule has 1 heterocycles. The quantitative estimate of drug-likeness (QED) is 0.0643. The molecular weight excluding hydrogens is 667 g/mol. The van der Waals surface area contributed by atoms with Crippen LogP contribution in [0.3, 0.4) is 0 Å². The van der Waals surface area contributed by atoms with Crippen LogP contribution in [0.15, 0.2) is 82.9 Å². The highest BCUT2D eigenvalue weighted by molar-refractivity contribution is 8.00. The predicted octanol–water partition coefficient (Wildman–Crippen LogP) is 9.04. The van der Waals surface area contributed by atoms with Gasteiger partial charge < -0.3 is 29.3 Å². The second kappa shape index (κ2) is 18.4. The van der Waals surface area contributed by atoms with Gasteiger partial charge in [0.15, 0.2) is 0 Å². The molecule has 0 saturated heterocycles. The standard InChI is InChI=1S/C41H57NO6S2/c1-6-23-46-41-37(49-7-2)28-35(42-48-40(3,4)5)33-26-29(15-11-13-21-43)32(18-12-14-22-44)38(39(33)41)34-27-30(19-20-36(34)47-41)45-24-25-50-31-16-9-8-10-17-31/h6,8-10,16-17,19-20,26-27,29,32,37-39,43-44H,1,7,11-15,18,21-25,28H2,2-5H3. The number of rotatable bonds is 19. The Balaban J connectivity index is 1.61. The molecule has 0 bridgehead atoms. The Hall–Kier alpha value is -2.43. The van der Waals surface area contributed by atoms with E-state index in [1.165, 1.54) is 4.90 Å². The first-order valence-electron chi connectivity index (χ1n) is 18.4. The second-order valence-corrected chi connectivity index (χ2v) is 17.1. The first-order valence-corrected chi connectivity index (χ1v) is 20.5. The average molecular weight is 724 g/mol. The number of allylic oxidation sites excluding steroid dienone is 1. The summed E-state index contributed by atoms with van der Waals surface area (Å²) in [5.41, 5.74) is 2.83. The van der Waals surface area contributed by atoms with Crippen molar-refractivity contribution in [1.29, 1.82) is 0 Å². The van der Waals surface area contributed by atoms with Crippen molar-refractivity contribution in [3.8, 4) is 11.5 Å². The van der Waals surface area contributed by atoms with Crippen molar-refractivity contribution in [2.24, 2.45) is 22.9 Å². The summed E-state index contributed by atoms with van der Waals surface area (Å²) in [4.78, 5) is 7.38. The van der Waals surface area contributed by atoms with Gasteiger partial charge in [0.25, 0.3) is 0 Å². The topological polar surface area (TPSA) is 89.7 Å². The zero-order valence-electron chi connectivity index (χ0n) is 30.4. The third-order valence-electron chi connectivity index (χ3n) is 9.78. The molecule has 1 fully saturated rings. The minimum atomic E-state index is -0.931. The lowest BCUT2D eigenvalue weighted by molar-refractivity contribution is -0.223. The van der Waals surface area contributed by atoms with Gasteiger partial charge in [-0.2, -0.15) is 11.8 Å². The summed E-state index contributed by atoms with van der Waals surface area (Å²) < 4.78 is 20.5. The predicted molar refractivity (Wildman–Crippen MR) is 207 cm³/mol. The first kappa shape index (κ1) is 38.8. The van der Waals surface area contributed by atoms with Gasteiger partial charge in [0.2, 0.25) is 5.79 Å². The van der Waals surface area contributed by atoms with E-state index in [0.717, 1.165) is 78.4 Å². The van der Waals surface area contributed by atoms with Crippen LogP contribution in [-0.2, 0) is 9.57 Å². The molecule has 0 aromatic heterocycles. The molecule has 1 saturated carbocycles. The first-order chi connectivity index (χ1) is 24.2. The minimum absolute atomic E-state index is 0.0254. The van der Waals surface area contributed by atoms with E-state index in [0.29, 0.717) is 19.6 Å². The van der Waals surface area contributed by atoms with Crippen LogP contribution in [0.4, 0.5) is 0 Å². The molecule has 6 unspecified atom stereocenters. The largest absolute Gasteiger partial charge is 0.493 e. The Bertz CT molecular complexity index is 1440. The number of thioether (sulfide) groups is 2. The van der Waals surface area contributed by atoms with E-state index < -0.39 is 11.4 Å². The van der Waals surface area contributed by atoms with Crippen LogP contribution in [0, 0.1) is 17.8 Å². The van der Waals surface area contributed by atoms with Crippen molar-refractivity contribution in [2.45, 2.75) is 100 Å². The monoisotopic (exact) mass is 723 g/mol.